The SMILES string of the molecule is O=C(N/N=C\c1ccccn1)c1csc(-n2nc(C(F)(F)F)cc2-c2ccccc2)n1. The minimum atomic E-state index is -4.62. The summed E-state index contributed by atoms with van der Waals surface area (Å²) < 4.78 is 40.8. The van der Waals surface area contributed by atoms with Crippen molar-refractivity contribution in [3.05, 3.63) is 83.3 Å². The summed E-state index contributed by atoms with van der Waals surface area (Å²) in [5.41, 5.74) is 2.56. The van der Waals surface area contributed by atoms with Crippen LogP contribution in [0.2, 0.25) is 0 Å². The van der Waals surface area contributed by atoms with Gasteiger partial charge in [0.1, 0.15) is 5.69 Å². The molecule has 1 amide bonds. The van der Waals surface area contributed by atoms with Crippen LogP contribution in [-0.2, 0) is 6.18 Å². The average Bonchev–Trinajstić information content (AvgIpc) is 3.42. The Labute approximate surface area is 177 Å². The van der Waals surface area contributed by atoms with E-state index in [-0.39, 0.29) is 16.5 Å². The Morgan fingerprint density at radius 1 is 1.13 bits per heavy atom. The number of halogens is 3. The van der Waals surface area contributed by atoms with Crippen LogP contribution in [0.5, 0.6) is 0 Å². The Kier molecular flexibility index (Phi) is 5.58. The first-order chi connectivity index (χ1) is 14.9. The maximum Gasteiger partial charge on any atom is 0.435 e. The highest BCUT2D eigenvalue weighted by atomic mass is 32.1. The number of carbonyl (C=O) groups is 1. The second-order valence-corrected chi connectivity index (χ2v) is 7.00. The first-order valence-electron chi connectivity index (χ1n) is 8.85. The Hall–Kier alpha value is -3.86. The summed E-state index contributed by atoms with van der Waals surface area (Å²) in [6.07, 6.45) is -1.67. The van der Waals surface area contributed by atoms with Gasteiger partial charge in [-0.05, 0) is 18.2 Å². The van der Waals surface area contributed by atoms with E-state index in [1.54, 1.807) is 54.7 Å². The number of hydrogen-bond donors (Lipinski definition) is 1. The topological polar surface area (TPSA) is 85.1 Å². The molecule has 1 aromatic carbocycles. The molecule has 11 heteroatoms. The Morgan fingerprint density at radius 3 is 2.61 bits per heavy atom. The predicted molar refractivity (Wildman–Crippen MR) is 109 cm³/mol. The van der Waals surface area contributed by atoms with Crippen LogP contribution in [0.3, 0.4) is 0 Å². The highest BCUT2D eigenvalue weighted by Crippen LogP contribution is 2.33. The van der Waals surface area contributed by atoms with E-state index in [1.807, 2.05) is 0 Å². The fourth-order valence-corrected chi connectivity index (χ4v) is 3.38. The van der Waals surface area contributed by atoms with Gasteiger partial charge in [0, 0.05) is 17.1 Å². The number of aromatic nitrogens is 4. The number of hydrazone groups is 1. The molecule has 0 atom stereocenters. The largest absolute Gasteiger partial charge is 0.435 e. The molecule has 0 unspecified atom stereocenters. The Balaban J connectivity index is 1.60. The first kappa shape index (κ1) is 20.4. The van der Waals surface area contributed by atoms with E-state index >= 15 is 0 Å². The minimum absolute atomic E-state index is 0.00115. The Morgan fingerprint density at radius 2 is 1.90 bits per heavy atom. The molecule has 0 aliphatic heterocycles. The number of hydrogen-bond acceptors (Lipinski definition) is 6. The maximum atomic E-state index is 13.2. The van der Waals surface area contributed by atoms with Crippen LogP contribution >= 0.6 is 11.3 Å². The predicted octanol–water partition coefficient (Wildman–Crippen LogP) is 4.17. The second-order valence-electron chi connectivity index (χ2n) is 6.16. The molecule has 3 aromatic heterocycles. The van der Waals surface area contributed by atoms with Crippen LogP contribution in [-0.4, -0.2) is 31.9 Å². The van der Waals surface area contributed by atoms with E-state index in [2.05, 4.69) is 25.6 Å². The van der Waals surface area contributed by atoms with Gasteiger partial charge in [0.2, 0.25) is 5.13 Å². The summed E-state index contributed by atoms with van der Waals surface area (Å²) in [5.74, 6) is -0.612. The van der Waals surface area contributed by atoms with E-state index in [9.17, 15) is 18.0 Å². The van der Waals surface area contributed by atoms with E-state index in [0.717, 1.165) is 22.1 Å². The second kappa shape index (κ2) is 8.48. The van der Waals surface area contributed by atoms with Crippen LogP contribution in [0, 0.1) is 0 Å². The zero-order valence-electron chi connectivity index (χ0n) is 15.6. The monoisotopic (exact) mass is 442 g/mol. The van der Waals surface area contributed by atoms with E-state index in [0.29, 0.717) is 11.3 Å². The molecule has 7 nitrogen and oxygen atoms in total. The van der Waals surface area contributed by atoms with Gasteiger partial charge >= 0.3 is 6.18 Å². The molecule has 0 fully saturated rings. The van der Waals surface area contributed by atoms with Crippen molar-refractivity contribution in [1.82, 2.24) is 25.2 Å². The fraction of sp³-hybridized carbons (Fsp3) is 0.0500. The molecule has 0 aliphatic carbocycles. The van der Waals surface area contributed by atoms with Crippen LogP contribution in [0.15, 0.2) is 71.3 Å². The van der Waals surface area contributed by atoms with Gasteiger partial charge < -0.3 is 0 Å². The molecule has 4 aromatic rings. The highest BCUT2D eigenvalue weighted by Gasteiger charge is 2.35. The molecular weight excluding hydrogens is 429 g/mol. The third-order valence-electron chi connectivity index (χ3n) is 4.03. The summed E-state index contributed by atoms with van der Waals surface area (Å²) in [6.45, 7) is 0. The summed E-state index contributed by atoms with van der Waals surface area (Å²) >= 11 is 0.991. The number of alkyl halides is 3. The van der Waals surface area contributed by atoms with E-state index < -0.39 is 17.8 Å². The van der Waals surface area contributed by atoms with Crippen molar-refractivity contribution in [1.29, 1.82) is 0 Å². The van der Waals surface area contributed by atoms with Crippen molar-refractivity contribution in [3.63, 3.8) is 0 Å². The number of nitrogens with zero attached hydrogens (tertiary/aromatic N) is 5. The van der Waals surface area contributed by atoms with Gasteiger partial charge in [-0.1, -0.05) is 36.4 Å². The number of nitrogens with one attached hydrogen (secondary N) is 1. The lowest BCUT2D eigenvalue weighted by Crippen LogP contribution is -2.18. The molecule has 0 bridgehead atoms. The van der Waals surface area contributed by atoms with E-state index in [4.69, 9.17) is 0 Å². The molecule has 4 rings (SSSR count). The normalized spacial score (nSPS) is 11.7. The number of benzene rings is 1. The molecule has 0 saturated carbocycles. The van der Waals surface area contributed by atoms with Crippen molar-refractivity contribution in [2.75, 3.05) is 0 Å². The molecule has 1 N–H and O–H groups in total. The summed E-state index contributed by atoms with van der Waals surface area (Å²) in [6, 6.07) is 14.7. The van der Waals surface area contributed by atoms with Crippen molar-refractivity contribution in [2.24, 2.45) is 5.10 Å². The number of thiazole rings is 1. The summed E-state index contributed by atoms with van der Waals surface area (Å²) in [7, 11) is 0. The van der Waals surface area contributed by atoms with Crippen LogP contribution < -0.4 is 5.43 Å². The van der Waals surface area contributed by atoms with Gasteiger partial charge in [0.05, 0.1) is 17.6 Å². The van der Waals surface area contributed by atoms with E-state index in [1.165, 1.54) is 11.6 Å². The van der Waals surface area contributed by atoms with Crippen molar-refractivity contribution >= 4 is 23.5 Å². The molecule has 0 spiro atoms. The van der Waals surface area contributed by atoms with Crippen LogP contribution in [0.4, 0.5) is 13.2 Å². The number of pyridine rings is 1. The molecule has 0 saturated heterocycles. The smallest absolute Gasteiger partial charge is 0.266 e. The van der Waals surface area contributed by atoms with Crippen molar-refractivity contribution < 1.29 is 18.0 Å². The molecule has 156 valence electrons. The van der Waals surface area contributed by atoms with Gasteiger partial charge in [-0.2, -0.15) is 23.4 Å². The van der Waals surface area contributed by atoms with Gasteiger partial charge in [0.15, 0.2) is 5.69 Å². The minimum Gasteiger partial charge on any atom is -0.266 e. The average molecular weight is 442 g/mol. The van der Waals surface area contributed by atoms with Crippen molar-refractivity contribution in [2.45, 2.75) is 6.18 Å². The molecule has 0 aliphatic rings. The Bertz CT molecular complexity index is 1220. The third kappa shape index (κ3) is 4.67. The molecule has 0 radical (unpaired) electrons. The van der Waals surface area contributed by atoms with Gasteiger partial charge in [0.25, 0.3) is 5.91 Å². The summed E-state index contributed by atoms with van der Waals surface area (Å²) in [5, 5.41) is 9.02. The van der Waals surface area contributed by atoms with Gasteiger partial charge in [-0.15, -0.1) is 11.3 Å². The summed E-state index contributed by atoms with van der Waals surface area (Å²) in [4.78, 5) is 20.5. The van der Waals surface area contributed by atoms with Crippen LogP contribution in [0.25, 0.3) is 16.4 Å². The standard InChI is InChI=1S/C20H13F3N6OS/c21-20(22,23)17-10-16(13-6-2-1-3-7-13)29(28-17)19-26-15(12-31-19)18(30)27-25-11-14-8-4-5-9-24-14/h1-12H,(H,27,30)/b25-11-. The zero-order chi connectivity index (χ0) is 21.8. The molecule has 31 heavy (non-hydrogen) atoms. The number of carbonyl (C=O) groups excluding carboxylic acids is 1. The van der Waals surface area contributed by atoms with Crippen LogP contribution in [0.1, 0.15) is 21.9 Å². The van der Waals surface area contributed by atoms with Crippen molar-refractivity contribution in [3.8, 4) is 16.4 Å². The number of amides is 1. The third-order valence-corrected chi connectivity index (χ3v) is 4.84. The lowest BCUT2D eigenvalue weighted by molar-refractivity contribution is -0.141. The first-order valence-corrected chi connectivity index (χ1v) is 9.73. The van der Waals surface area contributed by atoms with Gasteiger partial charge in [-0.25, -0.2) is 15.1 Å². The molecule has 3 heterocycles. The lowest BCUT2D eigenvalue weighted by Gasteiger charge is -2.03. The number of rotatable bonds is 5. The zero-order valence-corrected chi connectivity index (χ0v) is 16.4. The quantitative estimate of drug-likeness (QED) is 0.371. The molecular formula is C20H13F3N6OS. The lowest BCUT2D eigenvalue weighted by atomic mass is 10.1. The maximum absolute atomic E-state index is 13.2. The fourth-order valence-electron chi connectivity index (χ4n) is 2.61. The highest BCUT2D eigenvalue weighted by molar-refractivity contribution is 7.12. The van der Waals surface area contributed by atoms with Gasteiger partial charge in [-0.3, -0.25) is 9.78 Å².